The Hall–Kier alpha value is -0.0800. The zero-order chi connectivity index (χ0) is 14.9. The molecule has 2 nitrogen and oxygen atoms in total. The molecule has 0 aliphatic rings. The zero-order valence-corrected chi connectivity index (χ0v) is 14.6. The van der Waals surface area contributed by atoms with Gasteiger partial charge in [0, 0.05) is 19.1 Å². The lowest BCUT2D eigenvalue weighted by Crippen LogP contribution is -2.44. The molecular formula is C17H38N2. The minimum absolute atomic E-state index is 0.403. The van der Waals surface area contributed by atoms with E-state index in [0.29, 0.717) is 11.5 Å². The number of nitrogens with zero attached hydrogens (tertiary/aromatic N) is 1. The van der Waals surface area contributed by atoms with Crippen LogP contribution in [0.15, 0.2) is 0 Å². The molecular weight excluding hydrogens is 232 g/mol. The highest BCUT2D eigenvalue weighted by Crippen LogP contribution is 2.25. The molecule has 0 aromatic carbocycles. The molecule has 0 aromatic heterocycles. The summed E-state index contributed by atoms with van der Waals surface area (Å²) in [6.45, 7) is 17.4. The standard InChI is InChI=1S/C17H38N2/c1-8-10-16(5)19(7)14-17(6,11-9-2)13-18-12-15(3)4/h15-16,18H,8-14H2,1-7H3. The Morgan fingerprint density at radius 1 is 1.11 bits per heavy atom. The van der Waals surface area contributed by atoms with Crippen molar-refractivity contribution in [3.63, 3.8) is 0 Å². The van der Waals surface area contributed by atoms with Gasteiger partial charge in [0.25, 0.3) is 0 Å². The molecule has 0 fully saturated rings. The summed E-state index contributed by atoms with van der Waals surface area (Å²) in [7, 11) is 2.29. The number of nitrogens with one attached hydrogen (secondary N) is 1. The van der Waals surface area contributed by atoms with Crippen LogP contribution in [0.1, 0.15) is 67.2 Å². The van der Waals surface area contributed by atoms with E-state index in [4.69, 9.17) is 0 Å². The normalized spacial score (nSPS) is 16.9. The van der Waals surface area contributed by atoms with Crippen molar-refractivity contribution in [1.82, 2.24) is 10.2 Å². The van der Waals surface area contributed by atoms with E-state index in [9.17, 15) is 0 Å². The average molecular weight is 271 g/mol. The van der Waals surface area contributed by atoms with E-state index in [2.05, 4.69) is 58.8 Å². The van der Waals surface area contributed by atoms with Gasteiger partial charge in [-0.3, -0.25) is 0 Å². The third-order valence-corrected chi connectivity index (χ3v) is 4.05. The summed E-state index contributed by atoms with van der Waals surface area (Å²) in [5.41, 5.74) is 0.403. The maximum absolute atomic E-state index is 3.66. The lowest BCUT2D eigenvalue weighted by molar-refractivity contribution is 0.136. The van der Waals surface area contributed by atoms with Gasteiger partial charge >= 0.3 is 0 Å². The van der Waals surface area contributed by atoms with Crippen molar-refractivity contribution < 1.29 is 0 Å². The molecule has 116 valence electrons. The molecule has 2 atom stereocenters. The van der Waals surface area contributed by atoms with Crippen molar-refractivity contribution in [2.45, 2.75) is 73.3 Å². The van der Waals surface area contributed by atoms with Crippen molar-refractivity contribution in [2.75, 3.05) is 26.7 Å². The van der Waals surface area contributed by atoms with Gasteiger partial charge in [-0.2, -0.15) is 0 Å². The molecule has 0 aromatic rings. The quantitative estimate of drug-likeness (QED) is 0.606. The van der Waals surface area contributed by atoms with E-state index in [1.807, 2.05) is 0 Å². The fraction of sp³-hybridized carbons (Fsp3) is 1.00. The van der Waals surface area contributed by atoms with Crippen molar-refractivity contribution in [2.24, 2.45) is 11.3 Å². The van der Waals surface area contributed by atoms with E-state index >= 15 is 0 Å². The first kappa shape index (κ1) is 18.9. The van der Waals surface area contributed by atoms with Gasteiger partial charge in [-0.15, -0.1) is 0 Å². The third kappa shape index (κ3) is 8.65. The fourth-order valence-electron chi connectivity index (χ4n) is 2.89. The van der Waals surface area contributed by atoms with Gasteiger partial charge in [0.15, 0.2) is 0 Å². The third-order valence-electron chi connectivity index (χ3n) is 4.05. The molecule has 2 unspecified atom stereocenters. The first-order valence-corrected chi connectivity index (χ1v) is 8.25. The second-order valence-corrected chi connectivity index (χ2v) is 7.14. The summed E-state index contributed by atoms with van der Waals surface area (Å²) in [6, 6.07) is 0.700. The number of rotatable bonds is 11. The van der Waals surface area contributed by atoms with E-state index in [1.165, 1.54) is 32.2 Å². The smallest absolute Gasteiger partial charge is 0.00640 e. The van der Waals surface area contributed by atoms with Gasteiger partial charge in [-0.05, 0) is 44.7 Å². The monoisotopic (exact) mass is 270 g/mol. The van der Waals surface area contributed by atoms with Gasteiger partial charge < -0.3 is 10.2 Å². The largest absolute Gasteiger partial charge is 0.316 e. The first-order valence-electron chi connectivity index (χ1n) is 8.25. The van der Waals surface area contributed by atoms with Crippen LogP contribution in [0.4, 0.5) is 0 Å². The van der Waals surface area contributed by atoms with Gasteiger partial charge in [0.1, 0.15) is 0 Å². The van der Waals surface area contributed by atoms with Crippen molar-refractivity contribution >= 4 is 0 Å². The van der Waals surface area contributed by atoms with Crippen molar-refractivity contribution in [1.29, 1.82) is 0 Å². The minimum Gasteiger partial charge on any atom is -0.316 e. The minimum atomic E-state index is 0.403. The van der Waals surface area contributed by atoms with Crippen LogP contribution in [0.5, 0.6) is 0 Å². The Bertz CT molecular complexity index is 215. The summed E-state index contributed by atoms with van der Waals surface area (Å²) in [6.07, 6.45) is 5.16. The van der Waals surface area contributed by atoms with E-state index in [0.717, 1.165) is 19.0 Å². The maximum Gasteiger partial charge on any atom is 0.00640 e. The van der Waals surface area contributed by atoms with Crippen LogP contribution in [0.3, 0.4) is 0 Å². The van der Waals surface area contributed by atoms with Crippen molar-refractivity contribution in [3.05, 3.63) is 0 Å². The second-order valence-electron chi connectivity index (χ2n) is 7.14. The average Bonchev–Trinajstić information content (AvgIpc) is 2.28. The molecule has 19 heavy (non-hydrogen) atoms. The Morgan fingerprint density at radius 2 is 1.74 bits per heavy atom. The van der Waals surface area contributed by atoms with Crippen LogP contribution in [0.25, 0.3) is 0 Å². The second kappa shape index (κ2) is 9.77. The summed E-state index contributed by atoms with van der Waals surface area (Å²) >= 11 is 0. The SMILES string of the molecule is CCCC(C)N(C)CC(C)(CCC)CNCC(C)C. The summed E-state index contributed by atoms with van der Waals surface area (Å²) in [5.74, 6) is 0.739. The van der Waals surface area contributed by atoms with Gasteiger partial charge in [-0.25, -0.2) is 0 Å². The van der Waals surface area contributed by atoms with Crippen LogP contribution in [-0.2, 0) is 0 Å². The zero-order valence-electron chi connectivity index (χ0n) is 14.6. The van der Waals surface area contributed by atoms with Crippen LogP contribution < -0.4 is 5.32 Å². The summed E-state index contributed by atoms with van der Waals surface area (Å²) < 4.78 is 0. The fourth-order valence-corrected chi connectivity index (χ4v) is 2.89. The first-order chi connectivity index (χ1) is 8.84. The number of hydrogen-bond acceptors (Lipinski definition) is 2. The van der Waals surface area contributed by atoms with Crippen LogP contribution in [0.2, 0.25) is 0 Å². The highest BCUT2D eigenvalue weighted by Gasteiger charge is 2.26. The Morgan fingerprint density at radius 3 is 2.21 bits per heavy atom. The Balaban J connectivity index is 4.34. The summed E-state index contributed by atoms with van der Waals surface area (Å²) in [4.78, 5) is 2.55. The van der Waals surface area contributed by atoms with Crippen LogP contribution in [-0.4, -0.2) is 37.6 Å². The molecule has 0 aliphatic carbocycles. The van der Waals surface area contributed by atoms with Gasteiger partial charge in [0.2, 0.25) is 0 Å². The van der Waals surface area contributed by atoms with Crippen molar-refractivity contribution in [3.8, 4) is 0 Å². The molecule has 0 aliphatic heterocycles. The lowest BCUT2D eigenvalue weighted by atomic mass is 9.84. The van der Waals surface area contributed by atoms with Crippen LogP contribution >= 0.6 is 0 Å². The molecule has 0 heterocycles. The molecule has 0 saturated heterocycles. The predicted molar refractivity (Wildman–Crippen MR) is 87.7 cm³/mol. The molecule has 0 spiro atoms. The van der Waals surface area contributed by atoms with Gasteiger partial charge in [-0.1, -0.05) is 47.5 Å². The topological polar surface area (TPSA) is 15.3 Å². The molecule has 0 rings (SSSR count). The highest BCUT2D eigenvalue weighted by molar-refractivity contribution is 4.81. The molecule has 0 radical (unpaired) electrons. The van der Waals surface area contributed by atoms with E-state index in [1.54, 1.807) is 0 Å². The molecule has 0 amide bonds. The van der Waals surface area contributed by atoms with E-state index in [-0.39, 0.29) is 0 Å². The summed E-state index contributed by atoms with van der Waals surface area (Å²) in [5, 5.41) is 3.66. The highest BCUT2D eigenvalue weighted by atomic mass is 15.1. The lowest BCUT2D eigenvalue weighted by Gasteiger charge is -2.37. The number of hydrogen-bond donors (Lipinski definition) is 1. The molecule has 1 N–H and O–H groups in total. The Labute approximate surface area is 122 Å². The Kier molecular flexibility index (Phi) is 9.72. The molecule has 2 heteroatoms. The van der Waals surface area contributed by atoms with E-state index < -0.39 is 0 Å². The van der Waals surface area contributed by atoms with Gasteiger partial charge in [0.05, 0.1) is 0 Å². The maximum atomic E-state index is 3.66. The van der Waals surface area contributed by atoms with Crippen LogP contribution in [0, 0.1) is 11.3 Å². The predicted octanol–water partition coefficient (Wildman–Crippen LogP) is 4.16. The molecule has 0 bridgehead atoms. The molecule has 0 saturated carbocycles.